The van der Waals surface area contributed by atoms with E-state index in [1.807, 2.05) is 78.9 Å². The molecule has 8 nitrogen and oxygen atoms in total. The Morgan fingerprint density at radius 2 is 1.32 bits per heavy atom. The molecule has 0 aliphatic carbocycles. The summed E-state index contributed by atoms with van der Waals surface area (Å²) in [7, 11) is 4.89. The van der Waals surface area contributed by atoms with Gasteiger partial charge in [-0.25, -0.2) is 4.79 Å². The van der Waals surface area contributed by atoms with Crippen LogP contribution in [-0.4, -0.2) is 43.6 Å². The Bertz CT molecular complexity index is 1360. The maximum Gasteiger partial charge on any atom is 0.328 e. The summed E-state index contributed by atoms with van der Waals surface area (Å²) in [5, 5.41) is 0. The Morgan fingerprint density at radius 3 is 1.82 bits per heavy atom. The average molecular weight is 517 g/mol. The molecule has 1 aromatic heterocycles. The van der Waals surface area contributed by atoms with E-state index in [4.69, 9.17) is 18.9 Å². The molecule has 0 aliphatic heterocycles. The fourth-order valence-corrected chi connectivity index (χ4v) is 4.46. The normalized spacial score (nSPS) is 12.2. The van der Waals surface area contributed by atoms with E-state index in [1.54, 1.807) is 21.3 Å². The Balaban J connectivity index is 1.72. The maximum absolute atomic E-state index is 12.1. The SMILES string of the molecule is COc1ccc(C(OCC(CCn2ccc(=O)[nH]c2=O)OC)(c2ccccc2)c2ccc(OC)cc2)cc1. The minimum atomic E-state index is -0.967. The topological polar surface area (TPSA) is 91.8 Å². The number of aromatic nitrogens is 2. The minimum absolute atomic E-state index is 0.238. The van der Waals surface area contributed by atoms with Crippen molar-refractivity contribution < 1.29 is 18.9 Å². The highest BCUT2D eigenvalue weighted by molar-refractivity contribution is 5.49. The molecule has 198 valence electrons. The Morgan fingerprint density at radius 1 is 0.763 bits per heavy atom. The second kappa shape index (κ2) is 12.4. The highest BCUT2D eigenvalue weighted by Crippen LogP contribution is 2.41. The summed E-state index contributed by atoms with van der Waals surface area (Å²) in [6.07, 6.45) is 1.66. The largest absolute Gasteiger partial charge is 0.497 e. The molecule has 8 heteroatoms. The van der Waals surface area contributed by atoms with Gasteiger partial charge in [-0.3, -0.25) is 9.78 Å². The first-order valence-electron chi connectivity index (χ1n) is 12.3. The molecule has 1 heterocycles. The van der Waals surface area contributed by atoms with Crippen molar-refractivity contribution in [1.29, 1.82) is 0 Å². The zero-order valence-corrected chi connectivity index (χ0v) is 21.8. The number of ether oxygens (including phenoxy) is 4. The van der Waals surface area contributed by atoms with Crippen LogP contribution in [0.3, 0.4) is 0 Å². The van der Waals surface area contributed by atoms with Gasteiger partial charge in [0.1, 0.15) is 17.1 Å². The molecule has 1 atom stereocenters. The second-order valence-corrected chi connectivity index (χ2v) is 8.77. The van der Waals surface area contributed by atoms with Gasteiger partial charge in [0.05, 0.1) is 26.9 Å². The Labute approximate surface area is 221 Å². The van der Waals surface area contributed by atoms with Crippen molar-refractivity contribution in [3.8, 4) is 11.5 Å². The number of hydrogen-bond donors (Lipinski definition) is 1. The molecule has 4 aromatic rings. The molecule has 0 saturated heterocycles. The molecule has 1 N–H and O–H groups in total. The molecule has 38 heavy (non-hydrogen) atoms. The predicted molar refractivity (Wildman–Crippen MR) is 145 cm³/mol. The van der Waals surface area contributed by atoms with Crippen molar-refractivity contribution >= 4 is 0 Å². The van der Waals surface area contributed by atoms with Crippen LogP contribution in [0.1, 0.15) is 23.1 Å². The van der Waals surface area contributed by atoms with E-state index in [0.29, 0.717) is 13.0 Å². The third-order valence-corrected chi connectivity index (χ3v) is 6.58. The fourth-order valence-electron chi connectivity index (χ4n) is 4.46. The van der Waals surface area contributed by atoms with Crippen molar-refractivity contribution in [2.24, 2.45) is 0 Å². The predicted octanol–water partition coefficient (Wildman–Crippen LogP) is 3.97. The highest BCUT2D eigenvalue weighted by atomic mass is 16.5. The minimum Gasteiger partial charge on any atom is -0.497 e. The highest BCUT2D eigenvalue weighted by Gasteiger charge is 2.38. The number of H-pyrrole nitrogens is 1. The van der Waals surface area contributed by atoms with Crippen molar-refractivity contribution in [1.82, 2.24) is 9.55 Å². The lowest BCUT2D eigenvalue weighted by Crippen LogP contribution is -2.37. The molecule has 0 amide bonds. The van der Waals surface area contributed by atoms with Crippen LogP contribution in [0.4, 0.5) is 0 Å². The van der Waals surface area contributed by atoms with Gasteiger partial charge in [0.25, 0.3) is 5.56 Å². The van der Waals surface area contributed by atoms with Crippen LogP contribution in [0.15, 0.2) is 101 Å². The first kappa shape index (κ1) is 26.9. The maximum atomic E-state index is 12.1. The van der Waals surface area contributed by atoms with Crippen LogP contribution < -0.4 is 20.7 Å². The monoisotopic (exact) mass is 516 g/mol. The second-order valence-electron chi connectivity index (χ2n) is 8.77. The van der Waals surface area contributed by atoms with Crippen molar-refractivity contribution in [3.63, 3.8) is 0 Å². The summed E-state index contributed by atoms with van der Waals surface area (Å²) in [5.74, 6) is 1.48. The molecular weight excluding hydrogens is 484 g/mol. The van der Waals surface area contributed by atoms with Gasteiger partial charge < -0.3 is 23.5 Å². The van der Waals surface area contributed by atoms with E-state index in [-0.39, 0.29) is 12.7 Å². The summed E-state index contributed by atoms with van der Waals surface area (Å²) < 4.78 is 24.9. The van der Waals surface area contributed by atoms with E-state index < -0.39 is 16.9 Å². The van der Waals surface area contributed by atoms with Gasteiger partial charge in [-0.1, -0.05) is 54.6 Å². The smallest absolute Gasteiger partial charge is 0.328 e. The van der Waals surface area contributed by atoms with Gasteiger partial charge in [-0.15, -0.1) is 0 Å². The third-order valence-electron chi connectivity index (χ3n) is 6.58. The summed E-state index contributed by atoms with van der Waals surface area (Å²) in [6, 6.07) is 27.0. The molecule has 0 bridgehead atoms. The number of benzene rings is 3. The van der Waals surface area contributed by atoms with Gasteiger partial charge in [0, 0.05) is 25.9 Å². The standard InChI is InChI=1S/C30H32N2O6/c1-35-25-13-9-23(10-14-25)30(22-7-5-4-6-8-22,24-11-15-26(36-2)16-12-24)38-21-27(37-3)17-19-32-20-18-28(33)31-29(32)34/h4-16,18,20,27H,17,19,21H2,1-3H3,(H,31,33,34). The number of methoxy groups -OCH3 is 3. The zero-order chi connectivity index (χ0) is 27.0. The van der Waals surface area contributed by atoms with Crippen LogP contribution in [-0.2, 0) is 21.6 Å². The van der Waals surface area contributed by atoms with Crippen LogP contribution in [0.5, 0.6) is 11.5 Å². The first-order valence-corrected chi connectivity index (χ1v) is 12.3. The molecule has 0 spiro atoms. The summed E-state index contributed by atoms with van der Waals surface area (Å²) in [6.45, 7) is 0.600. The fraction of sp³-hybridized carbons (Fsp3) is 0.267. The Kier molecular flexibility index (Phi) is 8.78. The van der Waals surface area contributed by atoms with E-state index in [2.05, 4.69) is 4.98 Å². The number of nitrogens with one attached hydrogen (secondary N) is 1. The van der Waals surface area contributed by atoms with Gasteiger partial charge in [-0.05, 0) is 47.4 Å². The van der Waals surface area contributed by atoms with Gasteiger partial charge >= 0.3 is 5.69 Å². The summed E-state index contributed by atoms with van der Waals surface area (Å²) >= 11 is 0. The number of nitrogens with zero attached hydrogens (tertiary/aromatic N) is 1. The Hall–Kier alpha value is -4.14. The average Bonchev–Trinajstić information content (AvgIpc) is 2.97. The quantitative estimate of drug-likeness (QED) is 0.287. The van der Waals surface area contributed by atoms with Crippen molar-refractivity contribution in [2.75, 3.05) is 27.9 Å². The molecule has 4 rings (SSSR count). The van der Waals surface area contributed by atoms with Gasteiger partial charge in [-0.2, -0.15) is 0 Å². The van der Waals surface area contributed by atoms with E-state index in [9.17, 15) is 9.59 Å². The number of rotatable bonds is 12. The third kappa shape index (κ3) is 5.88. The van der Waals surface area contributed by atoms with Crippen LogP contribution in [0.25, 0.3) is 0 Å². The first-order chi connectivity index (χ1) is 18.5. The summed E-state index contributed by atoms with van der Waals surface area (Å²) in [5.41, 5.74) is 0.934. The molecule has 3 aromatic carbocycles. The van der Waals surface area contributed by atoms with Crippen molar-refractivity contribution in [3.05, 3.63) is 129 Å². The van der Waals surface area contributed by atoms with Crippen LogP contribution in [0.2, 0.25) is 0 Å². The van der Waals surface area contributed by atoms with Crippen molar-refractivity contribution in [2.45, 2.75) is 24.7 Å². The van der Waals surface area contributed by atoms with E-state index in [0.717, 1.165) is 28.2 Å². The van der Waals surface area contributed by atoms with E-state index in [1.165, 1.54) is 16.8 Å². The lowest BCUT2D eigenvalue weighted by atomic mass is 9.80. The van der Waals surface area contributed by atoms with Crippen LogP contribution >= 0.6 is 0 Å². The van der Waals surface area contributed by atoms with E-state index >= 15 is 0 Å². The van der Waals surface area contributed by atoms with Crippen LogP contribution in [0, 0.1) is 0 Å². The molecule has 0 fully saturated rings. The lowest BCUT2D eigenvalue weighted by Gasteiger charge is -2.37. The molecule has 0 radical (unpaired) electrons. The lowest BCUT2D eigenvalue weighted by molar-refractivity contribution is -0.0550. The summed E-state index contributed by atoms with van der Waals surface area (Å²) in [4.78, 5) is 25.8. The van der Waals surface area contributed by atoms with Gasteiger partial charge in [0.2, 0.25) is 0 Å². The molecule has 0 aliphatic rings. The number of aromatic amines is 1. The molecule has 1 unspecified atom stereocenters. The number of hydrogen-bond acceptors (Lipinski definition) is 6. The molecular formula is C30H32N2O6. The zero-order valence-electron chi connectivity index (χ0n) is 21.8. The van der Waals surface area contributed by atoms with Gasteiger partial charge in [0.15, 0.2) is 0 Å². The number of aryl methyl sites for hydroxylation is 1. The molecule has 0 saturated carbocycles.